The van der Waals surface area contributed by atoms with Crippen LogP contribution in [0.3, 0.4) is 0 Å². The SMILES string of the molecule is O=C(N[C@@H]1C=C[C@H](CO)C1)C1(c2ccc(Cl)cc2)CC1. The van der Waals surface area contributed by atoms with Crippen LogP contribution in [0.4, 0.5) is 0 Å². The van der Waals surface area contributed by atoms with E-state index in [9.17, 15) is 4.79 Å². The molecule has 1 fully saturated rings. The zero-order chi connectivity index (χ0) is 14.2. The number of aliphatic hydroxyl groups is 1. The molecule has 0 saturated heterocycles. The van der Waals surface area contributed by atoms with Crippen molar-refractivity contribution in [3.8, 4) is 0 Å². The average molecular weight is 292 g/mol. The third kappa shape index (κ3) is 2.48. The van der Waals surface area contributed by atoms with Gasteiger partial charge >= 0.3 is 0 Å². The van der Waals surface area contributed by atoms with E-state index in [1.807, 2.05) is 36.4 Å². The number of amides is 1. The molecule has 0 heterocycles. The van der Waals surface area contributed by atoms with E-state index >= 15 is 0 Å². The molecule has 2 N–H and O–H groups in total. The van der Waals surface area contributed by atoms with Gasteiger partial charge in [0.05, 0.1) is 5.41 Å². The largest absolute Gasteiger partial charge is 0.396 e. The zero-order valence-electron chi connectivity index (χ0n) is 11.2. The molecular formula is C16H18ClNO2. The third-order valence-electron chi connectivity index (χ3n) is 4.30. The van der Waals surface area contributed by atoms with Crippen molar-refractivity contribution < 1.29 is 9.90 Å². The minimum absolute atomic E-state index is 0.0458. The Morgan fingerprint density at radius 3 is 2.55 bits per heavy atom. The molecule has 0 radical (unpaired) electrons. The number of carbonyl (C=O) groups is 1. The minimum atomic E-state index is -0.365. The summed E-state index contributed by atoms with van der Waals surface area (Å²) in [6.07, 6.45) is 6.53. The highest BCUT2D eigenvalue weighted by Crippen LogP contribution is 2.48. The van der Waals surface area contributed by atoms with Gasteiger partial charge in [0.25, 0.3) is 0 Å². The number of benzene rings is 1. The van der Waals surface area contributed by atoms with Gasteiger partial charge in [-0.05, 0) is 37.0 Å². The Labute approximate surface area is 123 Å². The fraction of sp³-hybridized carbons (Fsp3) is 0.438. The van der Waals surface area contributed by atoms with Crippen LogP contribution < -0.4 is 5.32 Å². The molecule has 2 aliphatic carbocycles. The smallest absolute Gasteiger partial charge is 0.231 e. The normalized spacial score (nSPS) is 26.5. The molecule has 1 aromatic rings. The van der Waals surface area contributed by atoms with Gasteiger partial charge in [0.1, 0.15) is 0 Å². The van der Waals surface area contributed by atoms with E-state index in [2.05, 4.69) is 5.32 Å². The standard InChI is InChI=1S/C16H18ClNO2/c17-13-4-2-12(3-5-13)16(7-8-16)15(20)18-14-6-1-11(9-14)10-19/h1-6,11,14,19H,7-10H2,(H,18,20)/t11-,14+/m0/s1. The van der Waals surface area contributed by atoms with Gasteiger partial charge in [0.2, 0.25) is 5.91 Å². The van der Waals surface area contributed by atoms with Crippen molar-refractivity contribution in [3.05, 3.63) is 47.0 Å². The number of halogens is 1. The monoisotopic (exact) mass is 291 g/mol. The molecule has 0 spiro atoms. The van der Waals surface area contributed by atoms with Crippen molar-refractivity contribution in [2.75, 3.05) is 6.61 Å². The summed E-state index contributed by atoms with van der Waals surface area (Å²) >= 11 is 5.90. The van der Waals surface area contributed by atoms with Crippen LogP contribution >= 0.6 is 11.6 Å². The molecular weight excluding hydrogens is 274 g/mol. The van der Waals surface area contributed by atoms with E-state index in [1.54, 1.807) is 0 Å². The predicted molar refractivity (Wildman–Crippen MR) is 78.6 cm³/mol. The molecule has 0 unspecified atom stereocenters. The van der Waals surface area contributed by atoms with Crippen molar-refractivity contribution >= 4 is 17.5 Å². The van der Waals surface area contributed by atoms with Gasteiger partial charge < -0.3 is 10.4 Å². The molecule has 2 aliphatic rings. The highest BCUT2D eigenvalue weighted by molar-refractivity contribution is 6.30. The number of hydrogen-bond acceptors (Lipinski definition) is 2. The molecule has 1 amide bonds. The van der Waals surface area contributed by atoms with E-state index < -0.39 is 0 Å². The molecule has 4 heteroatoms. The number of hydrogen-bond donors (Lipinski definition) is 2. The second kappa shape index (κ2) is 5.23. The third-order valence-corrected chi connectivity index (χ3v) is 4.56. The van der Waals surface area contributed by atoms with Gasteiger partial charge in [-0.25, -0.2) is 0 Å². The summed E-state index contributed by atoms with van der Waals surface area (Å²) in [5.41, 5.74) is 0.676. The maximum atomic E-state index is 12.5. The van der Waals surface area contributed by atoms with Crippen LogP contribution in [0.1, 0.15) is 24.8 Å². The van der Waals surface area contributed by atoms with Gasteiger partial charge in [0, 0.05) is 23.6 Å². The first-order chi connectivity index (χ1) is 9.64. The van der Waals surface area contributed by atoms with E-state index in [1.165, 1.54) is 0 Å². The lowest BCUT2D eigenvalue weighted by atomic mass is 9.94. The van der Waals surface area contributed by atoms with Gasteiger partial charge in [-0.15, -0.1) is 0 Å². The Kier molecular flexibility index (Phi) is 3.57. The van der Waals surface area contributed by atoms with Crippen molar-refractivity contribution in [2.24, 2.45) is 5.92 Å². The highest BCUT2D eigenvalue weighted by atomic mass is 35.5. The summed E-state index contributed by atoms with van der Waals surface area (Å²) in [4.78, 5) is 12.5. The predicted octanol–water partition coefficient (Wildman–Crippen LogP) is 2.42. The first kappa shape index (κ1) is 13.7. The Morgan fingerprint density at radius 2 is 2.00 bits per heavy atom. The molecule has 1 saturated carbocycles. The lowest BCUT2D eigenvalue weighted by Gasteiger charge is -2.19. The molecule has 106 valence electrons. The van der Waals surface area contributed by atoms with Crippen LogP contribution in [-0.4, -0.2) is 23.7 Å². The summed E-state index contributed by atoms with van der Waals surface area (Å²) < 4.78 is 0. The summed E-state index contributed by atoms with van der Waals surface area (Å²) in [7, 11) is 0. The number of aliphatic hydroxyl groups excluding tert-OH is 1. The molecule has 0 aromatic heterocycles. The average Bonchev–Trinajstić information content (AvgIpc) is 3.14. The van der Waals surface area contributed by atoms with Crippen LogP contribution in [0.15, 0.2) is 36.4 Å². The molecule has 0 bridgehead atoms. The van der Waals surface area contributed by atoms with Crippen molar-refractivity contribution in [1.29, 1.82) is 0 Å². The van der Waals surface area contributed by atoms with Crippen LogP contribution in [-0.2, 0) is 10.2 Å². The number of nitrogens with one attached hydrogen (secondary N) is 1. The van der Waals surface area contributed by atoms with E-state index in [4.69, 9.17) is 16.7 Å². The second-order valence-corrected chi connectivity index (χ2v) is 6.17. The van der Waals surface area contributed by atoms with E-state index in [-0.39, 0.29) is 29.9 Å². The van der Waals surface area contributed by atoms with Crippen LogP contribution in [0.25, 0.3) is 0 Å². The lowest BCUT2D eigenvalue weighted by Crippen LogP contribution is -2.40. The Bertz CT molecular complexity index is 534. The Hall–Kier alpha value is -1.32. The number of carbonyl (C=O) groups excluding carboxylic acids is 1. The fourth-order valence-electron chi connectivity index (χ4n) is 2.86. The highest BCUT2D eigenvalue weighted by Gasteiger charge is 2.51. The van der Waals surface area contributed by atoms with Crippen LogP contribution in [0.5, 0.6) is 0 Å². The van der Waals surface area contributed by atoms with Gasteiger partial charge in [-0.1, -0.05) is 35.9 Å². The molecule has 2 atom stereocenters. The van der Waals surface area contributed by atoms with Crippen molar-refractivity contribution in [1.82, 2.24) is 5.32 Å². The van der Waals surface area contributed by atoms with Gasteiger partial charge in [0.15, 0.2) is 0 Å². The number of rotatable bonds is 4. The van der Waals surface area contributed by atoms with Crippen molar-refractivity contribution in [3.63, 3.8) is 0 Å². The maximum Gasteiger partial charge on any atom is 0.231 e. The quantitative estimate of drug-likeness (QED) is 0.837. The molecule has 20 heavy (non-hydrogen) atoms. The first-order valence-corrected chi connectivity index (χ1v) is 7.38. The fourth-order valence-corrected chi connectivity index (χ4v) is 2.99. The van der Waals surface area contributed by atoms with Crippen LogP contribution in [0.2, 0.25) is 5.02 Å². The van der Waals surface area contributed by atoms with Gasteiger partial charge in [-0.2, -0.15) is 0 Å². The summed E-state index contributed by atoms with van der Waals surface area (Å²) in [6.45, 7) is 0.144. The topological polar surface area (TPSA) is 49.3 Å². The molecule has 3 rings (SSSR count). The summed E-state index contributed by atoms with van der Waals surface area (Å²) in [5.74, 6) is 0.263. The first-order valence-electron chi connectivity index (χ1n) is 7.00. The van der Waals surface area contributed by atoms with Crippen LogP contribution in [0, 0.1) is 5.92 Å². The zero-order valence-corrected chi connectivity index (χ0v) is 11.9. The lowest BCUT2D eigenvalue weighted by molar-refractivity contribution is -0.124. The minimum Gasteiger partial charge on any atom is -0.396 e. The molecule has 0 aliphatic heterocycles. The molecule has 1 aromatic carbocycles. The maximum absolute atomic E-state index is 12.5. The second-order valence-electron chi connectivity index (χ2n) is 5.73. The van der Waals surface area contributed by atoms with E-state index in [0.717, 1.165) is 24.8 Å². The Balaban J connectivity index is 1.68. The van der Waals surface area contributed by atoms with Gasteiger partial charge in [-0.3, -0.25) is 4.79 Å². The summed E-state index contributed by atoms with van der Waals surface area (Å²) in [6, 6.07) is 7.60. The molecule has 3 nitrogen and oxygen atoms in total. The van der Waals surface area contributed by atoms with E-state index in [0.29, 0.717) is 5.02 Å². The van der Waals surface area contributed by atoms with Crippen molar-refractivity contribution in [2.45, 2.75) is 30.7 Å². The Morgan fingerprint density at radius 1 is 1.30 bits per heavy atom. The summed E-state index contributed by atoms with van der Waals surface area (Å²) in [5, 5.41) is 12.9.